The number of hydrogen-bond donors (Lipinski definition) is 4. The van der Waals surface area contributed by atoms with Gasteiger partial charge in [0.05, 0.1) is 0 Å². The average molecular weight is 424 g/mol. The molecule has 0 saturated heterocycles. The van der Waals surface area contributed by atoms with E-state index in [0.29, 0.717) is 26.7 Å². The molecule has 2 aromatic rings. The lowest BCUT2D eigenvalue weighted by Gasteiger charge is -2.26. The molecule has 5 N–H and O–H groups in total. The molecule has 1 aliphatic rings. The van der Waals surface area contributed by atoms with Crippen molar-refractivity contribution < 1.29 is 9.47 Å². The molecule has 0 bridgehead atoms. The van der Waals surface area contributed by atoms with Gasteiger partial charge in [-0.2, -0.15) is 0 Å². The minimum Gasteiger partial charge on any atom is -0.363 e. The number of hydrogen-bond acceptors (Lipinski definition) is 6. The van der Waals surface area contributed by atoms with Crippen LogP contribution in [0.4, 0.5) is 5.69 Å². The Morgan fingerprint density at radius 1 is 1.06 bits per heavy atom. The van der Waals surface area contributed by atoms with Crippen molar-refractivity contribution in [1.29, 1.82) is 0 Å². The van der Waals surface area contributed by atoms with Crippen LogP contribution in [-0.4, -0.2) is 38.8 Å². The van der Waals surface area contributed by atoms with Crippen molar-refractivity contribution in [1.82, 2.24) is 10.6 Å². The second-order valence-electron chi connectivity index (χ2n) is 7.42. The molecule has 0 fully saturated rings. The number of aryl methyl sites for hydroxylation is 1. The largest absolute Gasteiger partial charge is 0.363 e. The molecular weight excluding hydrogens is 390 g/mol. The molecule has 0 amide bonds. The van der Waals surface area contributed by atoms with Crippen LogP contribution in [0.3, 0.4) is 0 Å². The van der Waals surface area contributed by atoms with Crippen molar-refractivity contribution in [2.75, 3.05) is 32.0 Å². The Hall–Kier alpha value is -2.87. The first-order chi connectivity index (χ1) is 15.1. The molecule has 1 unspecified atom stereocenters. The summed E-state index contributed by atoms with van der Waals surface area (Å²) in [5, 5.41) is 9.69. The molecular formula is C24H33N5O2. The van der Waals surface area contributed by atoms with Gasteiger partial charge in [0.2, 0.25) is 0 Å². The number of nitrogens with zero attached hydrogens (tertiary/aromatic N) is 1. The van der Waals surface area contributed by atoms with Gasteiger partial charge in [-0.3, -0.25) is 10.7 Å². The molecule has 0 spiro atoms. The van der Waals surface area contributed by atoms with E-state index in [1.807, 2.05) is 25.1 Å². The highest BCUT2D eigenvalue weighted by atomic mass is 16.7. The van der Waals surface area contributed by atoms with E-state index < -0.39 is 0 Å². The third-order valence-corrected chi connectivity index (χ3v) is 5.18. The normalized spacial score (nSPS) is 17.1. The summed E-state index contributed by atoms with van der Waals surface area (Å²) in [5.41, 5.74) is 13.0. The van der Waals surface area contributed by atoms with Gasteiger partial charge in [-0.25, -0.2) is 0 Å². The summed E-state index contributed by atoms with van der Waals surface area (Å²) >= 11 is 0. The van der Waals surface area contributed by atoms with E-state index in [0.717, 1.165) is 29.2 Å². The van der Waals surface area contributed by atoms with Gasteiger partial charge < -0.3 is 25.4 Å². The number of nitrogens with two attached hydrogens (primary N) is 1. The third kappa shape index (κ3) is 6.82. The van der Waals surface area contributed by atoms with E-state index in [4.69, 9.17) is 20.2 Å². The van der Waals surface area contributed by atoms with Gasteiger partial charge in [-0.05, 0) is 56.0 Å². The summed E-state index contributed by atoms with van der Waals surface area (Å²) in [4.78, 5) is 4.72. The summed E-state index contributed by atoms with van der Waals surface area (Å²) in [7, 11) is 0. The Labute approximate surface area is 184 Å². The molecule has 166 valence electrons. The molecule has 0 radical (unpaired) electrons. The average Bonchev–Trinajstić information content (AvgIpc) is 2.76. The second-order valence-corrected chi connectivity index (χ2v) is 7.42. The maximum absolute atomic E-state index is 6.14. The van der Waals surface area contributed by atoms with Crippen LogP contribution in [0.5, 0.6) is 0 Å². The van der Waals surface area contributed by atoms with E-state index in [-0.39, 0.29) is 6.29 Å². The van der Waals surface area contributed by atoms with Crippen molar-refractivity contribution in [3.8, 4) is 0 Å². The second kappa shape index (κ2) is 11.5. The van der Waals surface area contributed by atoms with E-state index in [2.05, 4.69) is 60.1 Å². The van der Waals surface area contributed by atoms with Crippen LogP contribution in [0.1, 0.15) is 29.2 Å². The van der Waals surface area contributed by atoms with Crippen molar-refractivity contribution in [2.45, 2.75) is 33.5 Å². The van der Waals surface area contributed by atoms with Crippen molar-refractivity contribution in [2.24, 2.45) is 10.7 Å². The zero-order chi connectivity index (χ0) is 22.1. The van der Waals surface area contributed by atoms with E-state index in [1.165, 1.54) is 16.7 Å². The van der Waals surface area contributed by atoms with Gasteiger partial charge in [0.15, 0.2) is 6.29 Å². The lowest BCUT2D eigenvalue weighted by atomic mass is 10.00. The molecule has 7 nitrogen and oxygen atoms in total. The summed E-state index contributed by atoms with van der Waals surface area (Å²) < 4.78 is 10.5. The van der Waals surface area contributed by atoms with Gasteiger partial charge in [0.1, 0.15) is 19.4 Å². The Kier molecular flexibility index (Phi) is 8.46. The topological polar surface area (TPSA) is 92.9 Å². The molecule has 3 rings (SSSR count). The van der Waals surface area contributed by atoms with Crippen LogP contribution in [-0.2, 0) is 15.9 Å². The van der Waals surface area contributed by atoms with E-state index in [9.17, 15) is 0 Å². The Morgan fingerprint density at radius 3 is 2.65 bits per heavy atom. The first-order valence-corrected chi connectivity index (χ1v) is 10.7. The lowest BCUT2D eigenvalue weighted by molar-refractivity contribution is -0.0426. The lowest BCUT2D eigenvalue weighted by Crippen LogP contribution is -2.53. The predicted octanol–water partition coefficient (Wildman–Crippen LogP) is 3.10. The van der Waals surface area contributed by atoms with Crippen LogP contribution in [0.15, 0.2) is 53.5 Å². The Balaban J connectivity index is 1.55. The minimum atomic E-state index is -0.367. The number of amidine groups is 1. The zero-order valence-corrected chi connectivity index (χ0v) is 18.6. The maximum atomic E-state index is 6.14. The van der Waals surface area contributed by atoms with Crippen LogP contribution in [0, 0.1) is 13.8 Å². The van der Waals surface area contributed by atoms with E-state index >= 15 is 0 Å². The van der Waals surface area contributed by atoms with Gasteiger partial charge >= 0.3 is 0 Å². The fourth-order valence-corrected chi connectivity index (χ4v) is 3.29. The van der Waals surface area contributed by atoms with E-state index in [1.54, 1.807) is 0 Å². The molecule has 0 aliphatic carbocycles. The van der Waals surface area contributed by atoms with Gasteiger partial charge in [0.25, 0.3) is 0 Å². The summed E-state index contributed by atoms with van der Waals surface area (Å²) in [6, 6.07) is 14.6. The molecule has 7 heteroatoms. The minimum absolute atomic E-state index is 0.300. The van der Waals surface area contributed by atoms with Gasteiger partial charge in [-0.1, -0.05) is 30.3 Å². The predicted molar refractivity (Wildman–Crippen MR) is 127 cm³/mol. The highest BCUT2D eigenvalue weighted by Crippen LogP contribution is 2.21. The highest BCUT2D eigenvalue weighted by molar-refractivity contribution is 6.00. The molecule has 0 aromatic heterocycles. The molecule has 1 aliphatic heterocycles. The van der Waals surface area contributed by atoms with Crippen LogP contribution >= 0.6 is 0 Å². The quantitative estimate of drug-likeness (QED) is 0.347. The first kappa shape index (κ1) is 22.8. The fraction of sp³-hybridized carbons (Fsp3) is 0.375. The Bertz CT molecular complexity index is 909. The first-order valence-electron chi connectivity index (χ1n) is 10.7. The van der Waals surface area contributed by atoms with Crippen LogP contribution < -0.4 is 21.7 Å². The van der Waals surface area contributed by atoms with Gasteiger partial charge in [0, 0.05) is 36.2 Å². The standard InChI is InChI=1S/C24H33N5O2/c1-4-30-16-31-15-27-20-10-8-19(9-11-20)12-13-26-23-14-22(28-24(25)29-23)21-7-5-6-17(2)18(21)3/h5-11,14,24,27-28H,4,12-13,15-16,25H2,1-3H3,(H,26,29). The summed E-state index contributed by atoms with van der Waals surface area (Å²) in [6.07, 6.45) is 2.51. The number of anilines is 1. The summed E-state index contributed by atoms with van der Waals surface area (Å²) in [5.74, 6) is 0.798. The van der Waals surface area contributed by atoms with Gasteiger partial charge in [-0.15, -0.1) is 0 Å². The van der Waals surface area contributed by atoms with Crippen molar-refractivity contribution in [3.63, 3.8) is 0 Å². The third-order valence-electron chi connectivity index (χ3n) is 5.18. The Morgan fingerprint density at radius 2 is 1.87 bits per heavy atom. The fourth-order valence-electron chi connectivity index (χ4n) is 3.29. The summed E-state index contributed by atoms with van der Waals surface area (Å²) in [6.45, 7) is 8.23. The monoisotopic (exact) mass is 423 g/mol. The molecule has 1 atom stereocenters. The van der Waals surface area contributed by atoms with Crippen molar-refractivity contribution in [3.05, 3.63) is 70.8 Å². The number of nitrogens with one attached hydrogen (secondary N) is 3. The molecule has 2 aromatic carbocycles. The zero-order valence-electron chi connectivity index (χ0n) is 18.6. The van der Waals surface area contributed by atoms with Crippen LogP contribution in [0.25, 0.3) is 5.70 Å². The van der Waals surface area contributed by atoms with Crippen LogP contribution in [0.2, 0.25) is 0 Å². The van der Waals surface area contributed by atoms with Crippen molar-refractivity contribution >= 4 is 17.2 Å². The molecule has 31 heavy (non-hydrogen) atoms. The number of ether oxygens (including phenoxy) is 2. The maximum Gasteiger partial charge on any atom is 0.151 e. The smallest absolute Gasteiger partial charge is 0.151 e. The number of rotatable bonds is 10. The number of aliphatic imine (C=N–C) groups is 1. The highest BCUT2D eigenvalue weighted by Gasteiger charge is 2.16. The SMILES string of the molecule is CCOCOCNc1ccc(CCN=C2C=C(c3cccc(C)c3C)NC(N)N2)cc1. The molecule has 1 heterocycles. The molecule has 0 saturated carbocycles. The number of benzene rings is 2.